The highest BCUT2D eigenvalue weighted by Gasteiger charge is 2.32. The van der Waals surface area contributed by atoms with E-state index in [1.54, 1.807) is 18.7 Å². The molecule has 6 nitrogen and oxygen atoms in total. The summed E-state index contributed by atoms with van der Waals surface area (Å²) in [5.74, 6) is -0.0170. The van der Waals surface area contributed by atoms with Gasteiger partial charge in [-0.1, -0.05) is 0 Å². The Labute approximate surface area is 111 Å². The zero-order valence-corrected chi connectivity index (χ0v) is 11.3. The molecule has 0 atom stereocenters. The average molecular weight is 265 g/mol. The molecule has 0 aliphatic heterocycles. The average Bonchev–Trinajstić information content (AvgIpc) is 3.14. The summed E-state index contributed by atoms with van der Waals surface area (Å²) in [5.41, 5.74) is 1.66. The molecule has 1 aromatic heterocycles. The van der Waals surface area contributed by atoms with Gasteiger partial charge in [0, 0.05) is 29.5 Å². The molecule has 0 spiro atoms. The number of aryl methyl sites for hydroxylation is 2. The lowest BCUT2D eigenvalue weighted by Gasteiger charge is -2.22. The molecule has 19 heavy (non-hydrogen) atoms. The fourth-order valence-corrected chi connectivity index (χ4v) is 2.27. The first kappa shape index (κ1) is 13.7. The maximum absolute atomic E-state index is 12.3. The zero-order chi connectivity index (χ0) is 14.0. The number of aromatic nitrogens is 2. The van der Waals surface area contributed by atoms with Crippen molar-refractivity contribution in [1.82, 2.24) is 14.9 Å². The zero-order valence-electron chi connectivity index (χ0n) is 11.3. The van der Waals surface area contributed by atoms with Crippen molar-refractivity contribution < 1.29 is 9.90 Å². The van der Waals surface area contributed by atoms with E-state index in [4.69, 9.17) is 5.11 Å². The van der Waals surface area contributed by atoms with Crippen LogP contribution in [-0.2, 0) is 11.2 Å². The number of hydrogen-bond donors (Lipinski definition) is 2. The number of hydrogen-bond acceptors (Lipinski definition) is 4. The predicted octanol–water partition coefficient (Wildman–Crippen LogP) is -0.0875. The van der Waals surface area contributed by atoms with Gasteiger partial charge in [-0.3, -0.25) is 4.79 Å². The van der Waals surface area contributed by atoms with E-state index in [0.717, 1.165) is 18.4 Å². The number of carbonyl (C=O) groups excluding carboxylic acids is 1. The van der Waals surface area contributed by atoms with E-state index < -0.39 is 0 Å². The maximum Gasteiger partial charge on any atom is 0.345 e. The lowest BCUT2D eigenvalue weighted by Crippen LogP contribution is -2.37. The molecule has 1 aliphatic rings. The number of rotatable bonds is 5. The van der Waals surface area contributed by atoms with Gasteiger partial charge < -0.3 is 15.0 Å². The van der Waals surface area contributed by atoms with Crippen molar-refractivity contribution in [1.29, 1.82) is 0 Å². The minimum absolute atomic E-state index is 0.0170. The molecule has 104 valence electrons. The van der Waals surface area contributed by atoms with Gasteiger partial charge in [-0.25, -0.2) is 4.79 Å². The first-order valence-corrected chi connectivity index (χ1v) is 6.49. The van der Waals surface area contributed by atoms with Crippen LogP contribution < -0.4 is 5.69 Å². The molecule has 1 fully saturated rings. The molecule has 2 N–H and O–H groups in total. The molecule has 2 rings (SSSR count). The number of aliphatic hydroxyl groups is 1. The molecule has 0 unspecified atom stereocenters. The Morgan fingerprint density at radius 1 is 1.47 bits per heavy atom. The summed E-state index contributed by atoms with van der Waals surface area (Å²) >= 11 is 0. The van der Waals surface area contributed by atoms with Crippen LogP contribution in [0.2, 0.25) is 0 Å². The van der Waals surface area contributed by atoms with Gasteiger partial charge in [0.1, 0.15) is 0 Å². The fraction of sp³-hybridized carbons (Fsp3) is 0.615. The van der Waals surface area contributed by atoms with Crippen LogP contribution in [0.15, 0.2) is 4.79 Å². The molecule has 1 saturated carbocycles. The molecule has 1 heterocycles. The molecule has 1 aromatic rings. The predicted molar refractivity (Wildman–Crippen MR) is 69.9 cm³/mol. The van der Waals surface area contributed by atoms with Crippen LogP contribution in [0.25, 0.3) is 0 Å². The Kier molecular flexibility index (Phi) is 3.99. The van der Waals surface area contributed by atoms with Crippen molar-refractivity contribution in [3.05, 3.63) is 27.4 Å². The van der Waals surface area contributed by atoms with Crippen molar-refractivity contribution >= 4 is 5.91 Å². The van der Waals surface area contributed by atoms with E-state index >= 15 is 0 Å². The van der Waals surface area contributed by atoms with Gasteiger partial charge in [-0.05, 0) is 26.7 Å². The molecule has 6 heteroatoms. The SMILES string of the molecule is Cc1nc(=O)[nH]c(C)c1CC(=O)N(CCO)C1CC1. The van der Waals surface area contributed by atoms with Crippen LogP contribution in [0, 0.1) is 13.8 Å². The van der Waals surface area contributed by atoms with Gasteiger partial charge in [0.25, 0.3) is 0 Å². The summed E-state index contributed by atoms with van der Waals surface area (Å²) in [6.45, 7) is 3.85. The fourth-order valence-electron chi connectivity index (χ4n) is 2.27. The second-order valence-electron chi connectivity index (χ2n) is 4.95. The third-order valence-corrected chi connectivity index (χ3v) is 3.43. The van der Waals surface area contributed by atoms with Gasteiger partial charge in [0.05, 0.1) is 13.0 Å². The lowest BCUT2D eigenvalue weighted by atomic mass is 10.1. The standard InChI is InChI=1S/C13H19N3O3/c1-8-11(9(2)15-13(19)14-8)7-12(18)16(5-6-17)10-3-4-10/h10,17H,3-7H2,1-2H3,(H,14,15,19). The minimum atomic E-state index is -0.388. The monoisotopic (exact) mass is 265 g/mol. The van der Waals surface area contributed by atoms with Gasteiger partial charge in [-0.15, -0.1) is 0 Å². The van der Waals surface area contributed by atoms with Crippen LogP contribution in [0.4, 0.5) is 0 Å². The van der Waals surface area contributed by atoms with Crippen molar-refractivity contribution in [2.24, 2.45) is 0 Å². The number of carbonyl (C=O) groups is 1. The molecule has 0 aromatic carbocycles. The Morgan fingerprint density at radius 3 is 2.68 bits per heavy atom. The third kappa shape index (κ3) is 3.20. The molecule has 0 bridgehead atoms. The number of aromatic amines is 1. The van der Waals surface area contributed by atoms with Crippen LogP contribution >= 0.6 is 0 Å². The first-order chi connectivity index (χ1) is 9.02. The van der Waals surface area contributed by atoms with Crippen molar-refractivity contribution in [2.75, 3.05) is 13.2 Å². The Balaban J connectivity index is 2.16. The minimum Gasteiger partial charge on any atom is -0.395 e. The molecule has 0 saturated heterocycles. The van der Waals surface area contributed by atoms with E-state index in [0.29, 0.717) is 17.9 Å². The highest BCUT2D eigenvalue weighted by atomic mass is 16.3. The van der Waals surface area contributed by atoms with Crippen molar-refractivity contribution in [3.63, 3.8) is 0 Å². The first-order valence-electron chi connectivity index (χ1n) is 6.49. The molecular weight excluding hydrogens is 246 g/mol. The van der Waals surface area contributed by atoms with Crippen LogP contribution in [0.5, 0.6) is 0 Å². The number of H-pyrrole nitrogens is 1. The Bertz CT molecular complexity index is 508. The van der Waals surface area contributed by atoms with E-state index in [9.17, 15) is 9.59 Å². The van der Waals surface area contributed by atoms with Crippen molar-refractivity contribution in [3.8, 4) is 0 Å². The molecule has 0 radical (unpaired) electrons. The number of aliphatic hydroxyl groups excluding tert-OH is 1. The summed E-state index contributed by atoms with van der Waals surface area (Å²) in [5, 5.41) is 9.02. The van der Waals surface area contributed by atoms with Gasteiger partial charge in [0.15, 0.2) is 0 Å². The highest BCUT2D eigenvalue weighted by Crippen LogP contribution is 2.27. The Morgan fingerprint density at radius 2 is 2.16 bits per heavy atom. The van der Waals surface area contributed by atoms with E-state index in [1.165, 1.54) is 0 Å². The van der Waals surface area contributed by atoms with Gasteiger partial charge >= 0.3 is 5.69 Å². The largest absolute Gasteiger partial charge is 0.395 e. The number of amides is 1. The highest BCUT2D eigenvalue weighted by molar-refractivity contribution is 5.79. The lowest BCUT2D eigenvalue weighted by molar-refractivity contribution is -0.131. The third-order valence-electron chi connectivity index (χ3n) is 3.43. The molecule has 1 amide bonds. The van der Waals surface area contributed by atoms with Crippen LogP contribution in [-0.4, -0.2) is 45.1 Å². The second-order valence-corrected chi connectivity index (χ2v) is 4.95. The van der Waals surface area contributed by atoms with E-state index in [-0.39, 0.29) is 30.7 Å². The maximum atomic E-state index is 12.3. The quantitative estimate of drug-likeness (QED) is 0.779. The smallest absolute Gasteiger partial charge is 0.345 e. The van der Waals surface area contributed by atoms with Crippen LogP contribution in [0.1, 0.15) is 29.8 Å². The van der Waals surface area contributed by atoms with Gasteiger partial charge in [0.2, 0.25) is 5.91 Å². The number of nitrogens with one attached hydrogen (secondary N) is 1. The van der Waals surface area contributed by atoms with Gasteiger partial charge in [-0.2, -0.15) is 4.98 Å². The molecule has 1 aliphatic carbocycles. The summed E-state index contributed by atoms with van der Waals surface area (Å²) in [6, 6.07) is 0.274. The summed E-state index contributed by atoms with van der Waals surface area (Å²) in [4.78, 5) is 31.6. The normalized spacial score (nSPS) is 14.5. The number of nitrogens with zero attached hydrogens (tertiary/aromatic N) is 2. The summed E-state index contributed by atoms with van der Waals surface area (Å²) in [6.07, 6.45) is 2.24. The summed E-state index contributed by atoms with van der Waals surface area (Å²) < 4.78 is 0. The second kappa shape index (κ2) is 5.52. The molecular formula is C13H19N3O3. The topological polar surface area (TPSA) is 86.3 Å². The van der Waals surface area contributed by atoms with Crippen molar-refractivity contribution in [2.45, 2.75) is 39.2 Å². The van der Waals surface area contributed by atoms with E-state index in [1.807, 2.05) is 0 Å². The van der Waals surface area contributed by atoms with E-state index in [2.05, 4.69) is 9.97 Å². The van der Waals surface area contributed by atoms with Crippen LogP contribution in [0.3, 0.4) is 0 Å². The Hall–Kier alpha value is -1.69. The summed E-state index contributed by atoms with van der Waals surface area (Å²) in [7, 11) is 0.